The molecule has 5 nitrogen and oxygen atoms in total. The van der Waals surface area contributed by atoms with Gasteiger partial charge in [0.05, 0.1) is 17.0 Å². The Morgan fingerprint density at radius 2 is 1.71 bits per heavy atom. The van der Waals surface area contributed by atoms with E-state index < -0.39 is 12.1 Å². The molecule has 1 unspecified atom stereocenters. The Kier molecular flexibility index (Phi) is 4.29. The van der Waals surface area contributed by atoms with Crippen LogP contribution in [0.2, 0.25) is 0 Å². The maximum Gasteiger partial charge on any atom is 0.478 e. The molecule has 4 aliphatic carbocycles. The zero-order chi connectivity index (χ0) is 19.3. The number of rotatable bonds is 5. The molecule has 2 aromatic carbocycles. The van der Waals surface area contributed by atoms with Crippen LogP contribution < -0.4 is 5.48 Å². The highest BCUT2D eigenvalue weighted by Crippen LogP contribution is 2.54. The predicted molar refractivity (Wildman–Crippen MR) is 101 cm³/mol. The topological polar surface area (TPSA) is 83.0 Å². The van der Waals surface area contributed by atoms with Crippen molar-refractivity contribution in [1.29, 1.82) is 0 Å². The maximum atomic E-state index is 12.7. The predicted octanol–water partition coefficient (Wildman–Crippen LogP) is 2.21. The molecule has 0 aliphatic heterocycles. The van der Waals surface area contributed by atoms with Crippen LogP contribution in [0.1, 0.15) is 57.1 Å². The fourth-order valence-corrected chi connectivity index (χ4v) is 5.26. The molecule has 143 valence electrons. The van der Waals surface area contributed by atoms with Crippen LogP contribution in [-0.2, 0) is 11.3 Å². The van der Waals surface area contributed by atoms with Gasteiger partial charge in [0.1, 0.15) is 6.10 Å². The van der Waals surface area contributed by atoms with E-state index in [1.807, 2.05) is 24.3 Å². The van der Waals surface area contributed by atoms with Gasteiger partial charge in [0.2, 0.25) is 4.79 Å². The monoisotopic (exact) mass is 378 g/mol. The van der Waals surface area contributed by atoms with E-state index >= 15 is 0 Å². The number of nitrogens with two attached hydrogens (primary N) is 1. The van der Waals surface area contributed by atoms with Crippen molar-refractivity contribution in [3.05, 3.63) is 70.8 Å². The minimum atomic E-state index is -0.581. The number of aliphatic hydroxyl groups excluding tert-OH is 1. The van der Waals surface area contributed by atoms with Crippen molar-refractivity contribution in [2.24, 2.45) is 17.8 Å². The molecule has 5 heteroatoms. The molecular weight excluding hydrogens is 354 g/mol. The van der Waals surface area contributed by atoms with Crippen LogP contribution in [0, 0.1) is 17.8 Å². The van der Waals surface area contributed by atoms with Crippen LogP contribution in [0.25, 0.3) is 0 Å². The van der Waals surface area contributed by atoms with Gasteiger partial charge in [-0.25, -0.2) is 4.79 Å². The smallest absolute Gasteiger partial charge is 0.386 e. The summed E-state index contributed by atoms with van der Waals surface area (Å²) in [5.41, 5.74) is 4.61. The van der Waals surface area contributed by atoms with E-state index in [1.54, 1.807) is 24.3 Å². The third-order valence-corrected chi connectivity index (χ3v) is 6.82. The lowest BCUT2D eigenvalue weighted by atomic mass is 9.69. The van der Waals surface area contributed by atoms with E-state index in [2.05, 4.69) is 0 Å². The number of hydrogen-bond acceptors (Lipinski definition) is 4. The zero-order valence-electron chi connectivity index (χ0n) is 15.6. The number of Topliss-reactive ketones (excluding diaryl/α,β-unsaturated/α-hetero) is 1. The summed E-state index contributed by atoms with van der Waals surface area (Å²) in [7, 11) is 0. The first-order chi connectivity index (χ1) is 13.6. The normalized spacial score (nSPS) is 29.8. The molecule has 3 fully saturated rings. The van der Waals surface area contributed by atoms with Gasteiger partial charge in [0.15, 0.2) is 6.04 Å². The molecule has 28 heavy (non-hydrogen) atoms. The lowest BCUT2D eigenvalue weighted by molar-refractivity contribution is -0.903. The average molecular weight is 378 g/mol. The molecule has 2 bridgehead atoms. The van der Waals surface area contributed by atoms with Gasteiger partial charge in [0, 0.05) is 12.0 Å². The van der Waals surface area contributed by atoms with Gasteiger partial charge in [-0.1, -0.05) is 24.3 Å². The second kappa shape index (κ2) is 6.83. The third-order valence-electron chi connectivity index (χ3n) is 6.82. The van der Waals surface area contributed by atoms with E-state index in [0.29, 0.717) is 29.4 Å². The fourth-order valence-electron chi connectivity index (χ4n) is 5.26. The van der Waals surface area contributed by atoms with Crippen LogP contribution in [-0.4, -0.2) is 23.0 Å². The lowest BCUT2D eigenvalue weighted by Gasteiger charge is -2.29. The molecule has 0 heterocycles. The molecule has 0 aromatic heterocycles. The second-order valence-electron chi connectivity index (χ2n) is 8.34. The van der Waals surface area contributed by atoms with E-state index in [-0.39, 0.29) is 17.7 Å². The Morgan fingerprint density at radius 3 is 2.43 bits per heavy atom. The zero-order valence-corrected chi connectivity index (χ0v) is 15.6. The Hall–Kier alpha value is -2.50. The Labute approximate surface area is 163 Å². The Morgan fingerprint density at radius 1 is 1.04 bits per heavy atom. The van der Waals surface area contributed by atoms with Gasteiger partial charge in [0.25, 0.3) is 0 Å². The number of quaternary nitrogens is 1. The highest BCUT2D eigenvalue weighted by Gasteiger charge is 2.56. The maximum absolute atomic E-state index is 12.7. The van der Waals surface area contributed by atoms with Crippen molar-refractivity contribution >= 4 is 11.8 Å². The molecule has 1 radical (unpaired) electrons. The van der Waals surface area contributed by atoms with Crippen LogP contribution in [0.15, 0.2) is 48.5 Å². The third kappa shape index (κ3) is 2.86. The quantitative estimate of drug-likeness (QED) is 0.475. The van der Waals surface area contributed by atoms with E-state index in [1.165, 1.54) is 24.7 Å². The van der Waals surface area contributed by atoms with Gasteiger partial charge in [-0.15, -0.1) is 5.48 Å². The molecule has 3 N–H and O–H groups in total. The number of hydrogen-bond donors (Lipinski definition) is 2. The van der Waals surface area contributed by atoms with Crippen molar-refractivity contribution < 1.29 is 25.0 Å². The lowest BCUT2D eigenvalue weighted by Crippen LogP contribution is -2.86. The standard InChI is InChI=1S/C23H23NO4/c25-19-12-15-3-1-2-4-18(15)21(19)24-28-23(27)14-7-5-13(6-8-14)22(26)20-16-9-10-17(20)11-16/h1-8,16-17,19-21,24-25H,9-12H2/q+1/p+1/t16-,17+,19-,20?,21+/m0/s1. The first-order valence-corrected chi connectivity index (χ1v) is 10.1. The summed E-state index contributed by atoms with van der Waals surface area (Å²) in [6, 6.07) is 14.3. The highest BCUT2D eigenvalue weighted by molar-refractivity contribution is 6.00. The van der Waals surface area contributed by atoms with Gasteiger partial charge in [-0.2, -0.15) is 0 Å². The Balaban J connectivity index is 1.22. The van der Waals surface area contributed by atoms with Crippen molar-refractivity contribution in [3.63, 3.8) is 0 Å². The van der Waals surface area contributed by atoms with E-state index in [4.69, 9.17) is 4.84 Å². The molecule has 0 saturated heterocycles. The minimum absolute atomic E-state index is 0.190. The first kappa shape index (κ1) is 17.6. The van der Waals surface area contributed by atoms with Gasteiger partial charge >= 0.3 is 11.8 Å². The van der Waals surface area contributed by atoms with Crippen molar-refractivity contribution in [1.82, 2.24) is 0 Å². The second-order valence-corrected chi connectivity index (χ2v) is 8.34. The SMILES string of the molecule is O=C(O[NH2+][C@@H]1c2ccccc2C[C@@H]1O)c1ccc(C(=[O+])C2[C@@H]3CC[C@H]2C3)cc1. The molecule has 2 aromatic rings. The van der Waals surface area contributed by atoms with Crippen LogP contribution >= 0.6 is 0 Å². The van der Waals surface area contributed by atoms with Crippen LogP contribution in [0.3, 0.4) is 0 Å². The molecule has 5 atom stereocenters. The van der Waals surface area contributed by atoms with Gasteiger partial charge in [-0.3, -0.25) is 4.84 Å². The summed E-state index contributed by atoms with van der Waals surface area (Å²) in [5.74, 6) is 1.07. The summed E-state index contributed by atoms with van der Waals surface area (Å²) in [5, 5.41) is 10.3. The molecular formula is C23H24NO4+2. The van der Waals surface area contributed by atoms with E-state index in [9.17, 15) is 14.7 Å². The summed E-state index contributed by atoms with van der Waals surface area (Å²) in [4.78, 5) is 30.4. The van der Waals surface area contributed by atoms with Gasteiger partial charge < -0.3 is 5.11 Å². The summed E-state index contributed by atoms with van der Waals surface area (Å²) in [6.45, 7) is 0. The number of hydroxylamine groups is 1. The molecule has 3 saturated carbocycles. The number of ketones is 1. The van der Waals surface area contributed by atoms with Crippen molar-refractivity contribution in [2.45, 2.75) is 37.8 Å². The number of fused-ring (bicyclic) bond motifs is 2. The minimum Gasteiger partial charge on any atom is -0.386 e. The van der Waals surface area contributed by atoms with Gasteiger partial charge in [-0.05, 0) is 60.9 Å². The molecule has 0 amide bonds. The number of carbonyl (C=O) groups excluding carboxylic acids is 2. The van der Waals surface area contributed by atoms with Crippen molar-refractivity contribution in [2.75, 3.05) is 0 Å². The summed E-state index contributed by atoms with van der Waals surface area (Å²) in [6.07, 6.45) is 3.54. The largest absolute Gasteiger partial charge is 0.478 e. The Bertz CT molecular complexity index is 908. The number of aliphatic hydroxyl groups is 1. The fraction of sp³-hybridized carbons (Fsp3) is 0.391. The van der Waals surface area contributed by atoms with Crippen molar-refractivity contribution in [3.8, 4) is 0 Å². The highest BCUT2D eigenvalue weighted by atomic mass is 16.7. The average Bonchev–Trinajstić information content (AvgIpc) is 3.41. The van der Waals surface area contributed by atoms with E-state index in [0.717, 1.165) is 11.1 Å². The van der Waals surface area contributed by atoms with Crippen LogP contribution in [0.4, 0.5) is 0 Å². The van der Waals surface area contributed by atoms with Crippen LogP contribution in [0.5, 0.6) is 0 Å². The first-order valence-electron chi connectivity index (χ1n) is 10.1. The summed E-state index contributed by atoms with van der Waals surface area (Å²) >= 11 is 0. The number of benzene rings is 2. The molecule has 4 aliphatic rings. The summed E-state index contributed by atoms with van der Waals surface area (Å²) < 4.78 is 0. The molecule has 0 spiro atoms. The molecule has 6 rings (SSSR count). The number of carbonyl (C=O) groups is 2.